The van der Waals surface area contributed by atoms with E-state index in [-0.39, 0.29) is 43.8 Å². The number of carbonyl (C=O) groups excluding carboxylic acids is 2. The first-order valence-electron chi connectivity index (χ1n) is 15.8. The quantitative estimate of drug-likeness (QED) is 0.0883. The lowest BCUT2D eigenvalue weighted by Gasteiger charge is -2.38. The molecule has 4 aromatic rings. The van der Waals surface area contributed by atoms with E-state index >= 15 is 0 Å². The predicted octanol–water partition coefficient (Wildman–Crippen LogP) is 8.06. The van der Waals surface area contributed by atoms with Crippen molar-refractivity contribution >= 4 is 30.9 Å². The fraction of sp³-hybridized carbons (Fsp3) is 0.351. The first-order chi connectivity index (χ1) is 22.2. The minimum atomic E-state index is -1.33. The topological polar surface area (TPSA) is 74.3 Å². The van der Waals surface area contributed by atoms with E-state index in [1.54, 1.807) is 41.3 Å². The van der Waals surface area contributed by atoms with Crippen molar-refractivity contribution in [2.24, 2.45) is 0 Å². The number of hydrogen-bond acceptors (Lipinski definition) is 6. The van der Waals surface area contributed by atoms with Crippen LogP contribution in [-0.2, 0) is 20.8 Å². The van der Waals surface area contributed by atoms with Gasteiger partial charge < -0.3 is 23.8 Å². The molecule has 1 heterocycles. The fourth-order valence-electron chi connectivity index (χ4n) is 5.56. The summed E-state index contributed by atoms with van der Waals surface area (Å²) in [6.45, 7) is 8.67. The summed E-state index contributed by atoms with van der Waals surface area (Å²) in [5, 5.41) is 1.93. The Morgan fingerprint density at radius 3 is 2.37 bits per heavy atom. The largest absolute Gasteiger partial charge is 0.489 e. The van der Waals surface area contributed by atoms with E-state index in [0.717, 1.165) is 27.9 Å². The number of amides is 1. The van der Waals surface area contributed by atoms with Crippen molar-refractivity contribution in [3.05, 3.63) is 114 Å². The van der Waals surface area contributed by atoms with E-state index in [1.807, 2.05) is 36.4 Å². The predicted molar refractivity (Wildman–Crippen MR) is 180 cm³/mol. The molecule has 0 aliphatic carbocycles. The molecule has 1 saturated heterocycles. The molecule has 242 valence electrons. The normalized spacial score (nSPS) is 16.7. The minimum Gasteiger partial charge on any atom is -0.489 e. The number of fused-ring (bicyclic) bond motifs is 1. The van der Waals surface area contributed by atoms with Crippen LogP contribution in [0.4, 0.5) is 9.18 Å². The number of likely N-dealkylation sites (tertiary alicyclic amines) is 1. The highest BCUT2D eigenvalue weighted by atomic mass is 28.3. The van der Waals surface area contributed by atoms with Gasteiger partial charge in [0, 0.05) is 25.9 Å². The number of nitrogens with zero attached hydrogens (tertiary/aromatic N) is 1. The Labute approximate surface area is 271 Å². The van der Waals surface area contributed by atoms with Crippen molar-refractivity contribution in [1.29, 1.82) is 0 Å². The van der Waals surface area contributed by atoms with Crippen LogP contribution in [0.1, 0.15) is 33.8 Å². The first kappa shape index (κ1) is 33.2. The van der Waals surface area contributed by atoms with Gasteiger partial charge in [-0.1, -0.05) is 74.2 Å². The zero-order chi connectivity index (χ0) is 32.5. The van der Waals surface area contributed by atoms with Crippen LogP contribution in [0.3, 0.4) is 0 Å². The van der Waals surface area contributed by atoms with Gasteiger partial charge in [0.1, 0.15) is 24.8 Å². The molecule has 7 nitrogen and oxygen atoms in total. The van der Waals surface area contributed by atoms with Crippen LogP contribution in [-0.4, -0.2) is 64.1 Å². The highest BCUT2D eigenvalue weighted by molar-refractivity contribution is 6.76. The van der Waals surface area contributed by atoms with Crippen LogP contribution < -0.4 is 4.74 Å². The van der Waals surface area contributed by atoms with Gasteiger partial charge in [-0.2, -0.15) is 0 Å². The van der Waals surface area contributed by atoms with Crippen molar-refractivity contribution < 1.29 is 32.9 Å². The van der Waals surface area contributed by atoms with Crippen LogP contribution in [0.5, 0.6) is 5.75 Å². The summed E-state index contributed by atoms with van der Waals surface area (Å²) < 4.78 is 37.5. The van der Waals surface area contributed by atoms with Crippen molar-refractivity contribution in [2.45, 2.75) is 50.7 Å². The summed E-state index contributed by atoms with van der Waals surface area (Å²) >= 11 is 0. The molecule has 46 heavy (non-hydrogen) atoms. The zero-order valence-electron chi connectivity index (χ0n) is 26.7. The summed E-state index contributed by atoms with van der Waals surface area (Å²) in [6, 6.07) is 28.2. The molecule has 1 aliphatic rings. The summed E-state index contributed by atoms with van der Waals surface area (Å²) in [6.07, 6.45) is 0.0310. The van der Waals surface area contributed by atoms with Crippen LogP contribution in [0.2, 0.25) is 25.7 Å². The zero-order valence-corrected chi connectivity index (χ0v) is 27.7. The Morgan fingerprint density at radius 1 is 0.870 bits per heavy atom. The molecule has 5 rings (SSSR count). The summed E-state index contributed by atoms with van der Waals surface area (Å²) in [5.74, 6) is -0.0302. The summed E-state index contributed by atoms with van der Waals surface area (Å²) in [5.41, 5.74) is 2.38. The van der Waals surface area contributed by atoms with Crippen LogP contribution in [0.25, 0.3) is 10.8 Å². The lowest BCUT2D eigenvalue weighted by Crippen LogP contribution is -2.47. The second kappa shape index (κ2) is 15.4. The molecular formula is C37H42FNO6Si. The molecule has 2 unspecified atom stereocenters. The summed E-state index contributed by atoms with van der Waals surface area (Å²) in [7, 11) is -1.33. The number of esters is 1. The van der Waals surface area contributed by atoms with Gasteiger partial charge in [0.25, 0.3) is 0 Å². The average Bonchev–Trinajstić information content (AvgIpc) is 3.05. The molecule has 2 atom stereocenters. The van der Waals surface area contributed by atoms with E-state index in [2.05, 4.69) is 25.7 Å². The molecule has 0 bridgehead atoms. The van der Waals surface area contributed by atoms with E-state index < -0.39 is 14.0 Å². The molecule has 0 saturated carbocycles. The molecule has 4 aromatic carbocycles. The van der Waals surface area contributed by atoms with Gasteiger partial charge in [-0.3, -0.25) is 0 Å². The van der Waals surface area contributed by atoms with E-state index in [0.29, 0.717) is 37.4 Å². The maximum Gasteiger partial charge on any atom is 0.409 e. The standard InChI is InChI=1S/C37H42FNO6Si/c1-46(2,3)22-21-44-37(41)39-18-17-33(28-13-15-31(38)16-14-28)35(25-39)45-26-27-23-30-11-7-8-12-32(30)34(24-27)42-19-20-43-36(40)29-9-5-4-6-10-29/h4-16,23-24,33,35H,17-22,25-26H2,1-3H3. The number of rotatable bonds is 12. The van der Waals surface area contributed by atoms with Gasteiger partial charge in [0.15, 0.2) is 0 Å². The number of halogens is 1. The Balaban J connectivity index is 1.27. The van der Waals surface area contributed by atoms with Crippen LogP contribution in [0, 0.1) is 5.82 Å². The van der Waals surface area contributed by atoms with Gasteiger partial charge in [0.05, 0.1) is 31.4 Å². The molecule has 0 radical (unpaired) electrons. The molecule has 1 amide bonds. The molecule has 0 N–H and O–H groups in total. The molecule has 0 spiro atoms. The maximum absolute atomic E-state index is 13.8. The van der Waals surface area contributed by atoms with E-state index in [1.165, 1.54) is 12.1 Å². The number of piperidine rings is 1. The Morgan fingerprint density at radius 2 is 1.61 bits per heavy atom. The third kappa shape index (κ3) is 9.17. The lowest BCUT2D eigenvalue weighted by atomic mass is 9.87. The van der Waals surface area contributed by atoms with E-state index in [4.69, 9.17) is 18.9 Å². The minimum absolute atomic E-state index is 0.0119. The third-order valence-electron chi connectivity index (χ3n) is 8.12. The highest BCUT2D eigenvalue weighted by Crippen LogP contribution is 2.33. The SMILES string of the molecule is C[Si](C)(C)CCOC(=O)N1CCC(c2ccc(F)cc2)C(OCc2cc(OCCOC(=O)c3ccccc3)c3ccccc3c2)C1. The third-order valence-corrected chi connectivity index (χ3v) is 9.83. The number of ether oxygens (including phenoxy) is 4. The van der Waals surface area contributed by atoms with Crippen LogP contribution >= 0.6 is 0 Å². The molecule has 0 aromatic heterocycles. The average molecular weight is 644 g/mol. The Bertz CT molecular complexity index is 1610. The molecular weight excluding hydrogens is 601 g/mol. The van der Waals surface area contributed by atoms with Crippen LogP contribution in [0.15, 0.2) is 91.0 Å². The van der Waals surface area contributed by atoms with Crippen molar-refractivity contribution in [3.63, 3.8) is 0 Å². The summed E-state index contributed by atoms with van der Waals surface area (Å²) in [4.78, 5) is 27.0. The van der Waals surface area contributed by atoms with Gasteiger partial charge in [0.2, 0.25) is 0 Å². The van der Waals surface area contributed by atoms with Gasteiger partial charge >= 0.3 is 12.1 Å². The van der Waals surface area contributed by atoms with Gasteiger partial charge in [-0.15, -0.1) is 0 Å². The second-order valence-corrected chi connectivity index (χ2v) is 18.5. The van der Waals surface area contributed by atoms with Gasteiger partial charge in [-0.05, 0) is 65.4 Å². The number of carbonyl (C=O) groups is 2. The Hall–Kier alpha value is -4.21. The molecule has 9 heteroatoms. The number of benzene rings is 4. The van der Waals surface area contributed by atoms with Crippen molar-refractivity contribution in [1.82, 2.24) is 4.90 Å². The number of hydrogen-bond donors (Lipinski definition) is 0. The highest BCUT2D eigenvalue weighted by Gasteiger charge is 2.34. The second-order valence-electron chi connectivity index (χ2n) is 12.8. The van der Waals surface area contributed by atoms with Crippen molar-refractivity contribution in [2.75, 3.05) is 32.9 Å². The van der Waals surface area contributed by atoms with E-state index in [9.17, 15) is 14.0 Å². The molecule has 1 aliphatic heterocycles. The van der Waals surface area contributed by atoms with Crippen molar-refractivity contribution in [3.8, 4) is 5.75 Å². The smallest absolute Gasteiger partial charge is 0.409 e. The van der Waals surface area contributed by atoms with Gasteiger partial charge in [-0.25, -0.2) is 14.0 Å². The maximum atomic E-state index is 13.8. The first-order valence-corrected chi connectivity index (χ1v) is 19.5. The molecule has 1 fully saturated rings. The lowest BCUT2D eigenvalue weighted by molar-refractivity contribution is -0.0234. The fourth-order valence-corrected chi connectivity index (χ4v) is 6.28. The monoisotopic (exact) mass is 643 g/mol. The Kier molecular flexibility index (Phi) is 11.1.